The van der Waals surface area contributed by atoms with Gasteiger partial charge in [0, 0.05) is 23.9 Å². The van der Waals surface area contributed by atoms with Gasteiger partial charge in [-0.15, -0.1) is 10.2 Å². The lowest BCUT2D eigenvalue weighted by atomic mass is 9.97. The fourth-order valence-electron chi connectivity index (χ4n) is 3.31. The number of fused-ring (bicyclic) bond motifs is 1. The van der Waals surface area contributed by atoms with Crippen LogP contribution >= 0.6 is 0 Å². The molecule has 2 heterocycles. The summed E-state index contributed by atoms with van der Waals surface area (Å²) in [6, 6.07) is 13.3. The van der Waals surface area contributed by atoms with Crippen molar-refractivity contribution in [3.63, 3.8) is 0 Å². The molecule has 0 spiro atoms. The Balaban J connectivity index is 1.69. The molecule has 7 heteroatoms. The molecule has 7 nitrogen and oxygen atoms in total. The van der Waals surface area contributed by atoms with Crippen LogP contribution in [0.2, 0.25) is 0 Å². The summed E-state index contributed by atoms with van der Waals surface area (Å²) in [7, 11) is 0. The van der Waals surface area contributed by atoms with Crippen molar-refractivity contribution in [3.05, 3.63) is 59.7 Å². The number of carbonyl (C=O) groups is 1. The van der Waals surface area contributed by atoms with Gasteiger partial charge in [-0.3, -0.25) is 4.79 Å². The van der Waals surface area contributed by atoms with Crippen LogP contribution in [0.25, 0.3) is 11.3 Å². The van der Waals surface area contributed by atoms with Crippen molar-refractivity contribution in [2.45, 2.75) is 12.8 Å². The van der Waals surface area contributed by atoms with Gasteiger partial charge in [0.25, 0.3) is 5.91 Å². The van der Waals surface area contributed by atoms with Crippen LogP contribution in [-0.2, 0) is 6.42 Å². The van der Waals surface area contributed by atoms with Crippen LogP contribution in [-0.4, -0.2) is 32.9 Å². The molecule has 0 radical (unpaired) electrons. The molecule has 0 saturated carbocycles. The second-order valence-electron chi connectivity index (χ2n) is 6.45. The first kappa shape index (κ1) is 16.8. The summed E-state index contributed by atoms with van der Waals surface area (Å²) < 4.78 is 0. The van der Waals surface area contributed by atoms with Crippen molar-refractivity contribution < 1.29 is 15.0 Å². The van der Waals surface area contributed by atoms with Gasteiger partial charge in [0.15, 0.2) is 0 Å². The van der Waals surface area contributed by atoms with E-state index in [2.05, 4.69) is 10.2 Å². The normalized spacial score (nSPS) is 13.3. The molecule has 1 aliphatic heterocycles. The summed E-state index contributed by atoms with van der Waals surface area (Å²) in [5.41, 5.74) is 9.21. The molecule has 0 fully saturated rings. The molecule has 1 aliphatic rings. The van der Waals surface area contributed by atoms with E-state index in [1.54, 1.807) is 11.0 Å². The van der Waals surface area contributed by atoms with Crippen LogP contribution in [0.1, 0.15) is 22.3 Å². The summed E-state index contributed by atoms with van der Waals surface area (Å²) in [6.07, 6.45) is 1.66. The number of amides is 1. The summed E-state index contributed by atoms with van der Waals surface area (Å²) in [4.78, 5) is 14.6. The van der Waals surface area contributed by atoms with Crippen molar-refractivity contribution in [2.75, 3.05) is 17.2 Å². The van der Waals surface area contributed by atoms with E-state index in [1.165, 1.54) is 18.2 Å². The van der Waals surface area contributed by atoms with E-state index in [9.17, 15) is 15.0 Å². The molecule has 4 N–H and O–H groups in total. The quantitative estimate of drug-likeness (QED) is 0.646. The average Bonchev–Trinajstić information content (AvgIpc) is 2.67. The molecule has 0 aliphatic carbocycles. The average molecular weight is 362 g/mol. The molecule has 2 aromatic carbocycles. The minimum Gasteiger partial charge on any atom is -0.508 e. The Kier molecular flexibility index (Phi) is 4.12. The molecule has 1 aromatic heterocycles. The molecule has 27 heavy (non-hydrogen) atoms. The van der Waals surface area contributed by atoms with E-state index in [0.717, 1.165) is 29.7 Å². The van der Waals surface area contributed by atoms with Crippen LogP contribution in [0.4, 0.5) is 11.5 Å². The Labute approximate surface area is 155 Å². The summed E-state index contributed by atoms with van der Waals surface area (Å²) in [6.45, 7) is 0.563. The molecule has 4 rings (SSSR count). The molecule has 0 atom stereocenters. The largest absolute Gasteiger partial charge is 0.508 e. The van der Waals surface area contributed by atoms with Gasteiger partial charge in [0.05, 0.1) is 11.3 Å². The number of aryl methyl sites for hydroxylation is 1. The molecule has 1 amide bonds. The van der Waals surface area contributed by atoms with Crippen molar-refractivity contribution in [2.24, 2.45) is 0 Å². The number of aromatic hydroxyl groups is 2. The number of phenols is 2. The number of nitrogens with two attached hydrogens (primary N) is 1. The summed E-state index contributed by atoms with van der Waals surface area (Å²) in [5, 5.41) is 27.5. The number of rotatable bonds is 2. The van der Waals surface area contributed by atoms with Gasteiger partial charge in [0.1, 0.15) is 17.3 Å². The smallest absolute Gasteiger partial charge is 0.262 e. The topological polar surface area (TPSA) is 113 Å². The molecule has 136 valence electrons. The van der Waals surface area contributed by atoms with Crippen molar-refractivity contribution in [3.8, 4) is 22.8 Å². The first-order chi connectivity index (χ1) is 13.0. The first-order valence-electron chi connectivity index (χ1n) is 8.59. The van der Waals surface area contributed by atoms with E-state index in [-0.39, 0.29) is 23.0 Å². The monoisotopic (exact) mass is 362 g/mol. The fraction of sp³-hybridized carbons (Fsp3) is 0.150. The summed E-state index contributed by atoms with van der Waals surface area (Å²) in [5.74, 6) is -0.256. The van der Waals surface area contributed by atoms with Gasteiger partial charge in [-0.25, -0.2) is 0 Å². The maximum Gasteiger partial charge on any atom is 0.262 e. The Morgan fingerprint density at radius 3 is 2.63 bits per heavy atom. The van der Waals surface area contributed by atoms with Crippen LogP contribution in [0.5, 0.6) is 11.5 Å². The SMILES string of the molecule is Nc1ccc(-c2ccc3c(c2)CCCN3C(=O)c2ccc(O)cc2O)nn1. The van der Waals surface area contributed by atoms with Gasteiger partial charge in [-0.1, -0.05) is 6.07 Å². The van der Waals surface area contributed by atoms with E-state index < -0.39 is 0 Å². The number of anilines is 2. The van der Waals surface area contributed by atoms with Gasteiger partial charge < -0.3 is 20.8 Å². The molecular weight excluding hydrogens is 344 g/mol. The lowest BCUT2D eigenvalue weighted by Crippen LogP contribution is -2.35. The Bertz CT molecular complexity index is 1020. The Morgan fingerprint density at radius 1 is 1.04 bits per heavy atom. The highest BCUT2D eigenvalue weighted by Crippen LogP contribution is 2.33. The maximum absolute atomic E-state index is 12.9. The molecule has 3 aromatic rings. The third kappa shape index (κ3) is 3.15. The van der Waals surface area contributed by atoms with Crippen molar-refractivity contribution in [1.82, 2.24) is 10.2 Å². The number of nitrogens with zero attached hydrogens (tertiary/aromatic N) is 3. The lowest BCUT2D eigenvalue weighted by Gasteiger charge is -2.30. The highest BCUT2D eigenvalue weighted by Gasteiger charge is 2.26. The van der Waals surface area contributed by atoms with Crippen LogP contribution in [0.15, 0.2) is 48.5 Å². The highest BCUT2D eigenvalue weighted by atomic mass is 16.3. The number of aromatic nitrogens is 2. The predicted octanol–water partition coefficient (Wildman–Crippen LogP) is 2.73. The number of hydrogen-bond acceptors (Lipinski definition) is 6. The van der Waals surface area contributed by atoms with Gasteiger partial charge in [0.2, 0.25) is 0 Å². The second-order valence-corrected chi connectivity index (χ2v) is 6.45. The number of phenolic OH excluding ortho intramolecular Hbond substituents is 2. The summed E-state index contributed by atoms with van der Waals surface area (Å²) >= 11 is 0. The van der Waals surface area contributed by atoms with E-state index in [4.69, 9.17) is 5.73 Å². The molecule has 0 saturated heterocycles. The second kappa shape index (κ2) is 6.60. The van der Waals surface area contributed by atoms with Crippen LogP contribution < -0.4 is 10.6 Å². The zero-order valence-electron chi connectivity index (χ0n) is 14.5. The maximum atomic E-state index is 12.9. The van der Waals surface area contributed by atoms with Gasteiger partial charge in [-0.05, 0) is 54.8 Å². The van der Waals surface area contributed by atoms with E-state index >= 15 is 0 Å². The van der Waals surface area contributed by atoms with Crippen molar-refractivity contribution in [1.29, 1.82) is 0 Å². The third-order valence-electron chi connectivity index (χ3n) is 4.64. The molecular formula is C20H18N4O3. The highest BCUT2D eigenvalue weighted by molar-refractivity contribution is 6.08. The van der Waals surface area contributed by atoms with Gasteiger partial charge in [-0.2, -0.15) is 0 Å². The predicted molar refractivity (Wildman–Crippen MR) is 102 cm³/mol. The molecule has 0 unspecified atom stereocenters. The standard InChI is InChI=1S/C20H18N4O3/c21-19-8-6-16(22-23-19)12-3-7-17-13(10-12)2-1-9-24(17)20(27)15-5-4-14(25)11-18(15)26/h3-8,10-11,25-26H,1-2,9H2,(H2,21,23). The fourth-order valence-corrected chi connectivity index (χ4v) is 3.31. The Morgan fingerprint density at radius 2 is 1.89 bits per heavy atom. The minimum atomic E-state index is -0.298. The third-order valence-corrected chi connectivity index (χ3v) is 4.64. The number of hydrogen-bond donors (Lipinski definition) is 3. The Hall–Kier alpha value is -3.61. The zero-order chi connectivity index (χ0) is 19.0. The number of carbonyl (C=O) groups excluding carboxylic acids is 1. The lowest BCUT2D eigenvalue weighted by molar-refractivity contribution is 0.0982. The minimum absolute atomic E-state index is 0.0858. The zero-order valence-corrected chi connectivity index (χ0v) is 14.5. The number of benzene rings is 2. The van der Waals surface area contributed by atoms with E-state index in [1.807, 2.05) is 24.3 Å². The molecule has 0 bridgehead atoms. The van der Waals surface area contributed by atoms with Crippen LogP contribution in [0, 0.1) is 0 Å². The van der Waals surface area contributed by atoms with Crippen molar-refractivity contribution >= 4 is 17.4 Å². The van der Waals surface area contributed by atoms with Gasteiger partial charge >= 0.3 is 0 Å². The van der Waals surface area contributed by atoms with E-state index in [0.29, 0.717) is 18.1 Å². The number of nitrogen functional groups attached to an aromatic ring is 1. The first-order valence-corrected chi connectivity index (χ1v) is 8.59. The van der Waals surface area contributed by atoms with Crippen LogP contribution in [0.3, 0.4) is 0 Å².